The van der Waals surface area contributed by atoms with Crippen LogP contribution in [-0.4, -0.2) is 51.5 Å². The monoisotopic (exact) mass is 349 g/mol. The van der Waals surface area contributed by atoms with Crippen LogP contribution >= 0.6 is 0 Å². The maximum atomic E-state index is 12.8. The van der Waals surface area contributed by atoms with Crippen LogP contribution in [-0.2, 0) is 17.9 Å². The fourth-order valence-electron chi connectivity index (χ4n) is 2.78. The number of likely N-dealkylation sites (N-methyl/N-ethyl adjacent to an activating group) is 1. The van der Waals surface area contributed by atoms with Gasteiger partial charge in [0, 0.05) is 18.3 Å². The summed E-state index contributed by atoms with van der Waals surface area (Å²) >= 11 is 0. The van der Waals surface area contributed by atoms with Crippen molar-refractivity contribution in [1.29, 1.82) is 0 Å². The minimum atomic E-state index is 0.0564. The third kappa shape index (κ3) is 4.55. The second-order valence-corrected chi connectivity index (χ2v) is 6.44. The fraction of sp³-hybridized carbons (Fsp3) is 0.250. The standard InChI is InChI=1S/C20H23N5O/c1-24(2)15-19(26)25(14-18-10-6-7-11-21-18)13-17-12-22-23-20(17)16-8-4-3-5-9-16/h3-12H,13-15H2,1-2H3,(H,22,23). The lowest BCUT2D eigenvalue weighted by Gasteiger charge is -2.24. The molecule has 0 bridgehead atoms. The van der Waals surface area contributed by atoms with E-state index in [1.165, 1.54) is 0 Å². The van der Waals surface area contributed by atoms with E-state index >= 15 is 0 Å². The molecule has 0 saturated heterocycles. The summed E-state index contributed by atoms with van der Waals surface area (Å²) in [6.07, 6.45) is 3.54. The van der Waals surface area contributed by atoms with Gasteiger partial charge in [-0.2, -0.15) is 5.10 Å². The molecule has 1 aromatic carbocycles. The van der Waals surface area contributed by atoms with Gasteiger partial charge in [0.1, 0.15) is 0 Å². The Labute approximate surface area is 153 Å². The van der Waals surface area contributed by atoms with Gasteiger partial charge >= 0.3 is 0 Å². The van der Waals surface area contributed by atoms with E-state index in [4.69, 9.17) is 0 Å². The van der Waals surface area contributed by atoms with Crippen LogP contribution in [0.1, 0.15) is 11.3 Å². The summed E-state index contributed by atoms with van der Waals surface area (Å²) in [6.45, 7) is 1.29. The summed E-state index contributed by atoms with van der Waals surface area (Å²) in [5, 5.41) is 7.25. The van der Waals surface area contributed by atoms with E-state index in [1.54, 1.807) is 12.4 Å². The number of carbonyl (C=O) groups excluding carboxylic acids is 1. The molecule has 6 nitrogen and oxygen atoms in total. The molecule has 0 aliphatic carbocycles. The van der Waals surface area contributed by atoms with Crippen molar-refractivity contribution in [3.63, 3.8) is 0 Å². The predicted octanol–water partition coefficient (Wildman–Crippen LogP) is 2.56. The molecule has 0 spiro atoms. The molecule has 2 heterocycles. The number of nitrogens with zero attached hydrogens (tertiary/aromatic N) is 4. The van der Waals surface area contributed by atoms with Gasteiger partial charge in [0.25, 0.3) is 0 Å². The molecule has 26 heavy (non-hydrogen) atoms. The Balaban J connectivity index is 1.84. The van der Waals surface area contributed by atoms with Crippen LogP contribution in [0.25, 0.3) is 11.3 Å². The molecule has 3 aromatic rings. The molecule has 2 aromatic heterocycles. The molecule has 0 saturated carbocycles. The van der Waals surface area contributed by atoms with Gasteiger partial charge in [-0.25, -0.2) is 0 Å². The molecule has 0 unspecified atom stereocenters. The molecule has 0 atom stereocenters. The average molecular weight is 349 g/mol. The summed E-state index contributed by atoms with van der Waals surface area (Å²) in [5.41, 5.74) is 3.84. The zero-order valence-electron chi connectivity index (χ0n) is 15.1. The number of benzene rings is 1. The summed E-state index contributed by atoms with van der Waals surface area (Å²) in [7, 11) is 3.79. The second kappa shape index (κ2) is 8.40. The first-order valence-electron chi connectivity index (χ1n) is 8.53. The number of pyridine rings is 1. The molecule has 6 heteroatoms. The van der Waals surface area contributed by atoms with Crippen molar-refractivity contribution in [1.82, 2.24) is 25.0 Å². The molecule has 3 rings (SSSR count). The Hall–Kier alpha value is -2.99. The minimum absolute atomic E-state index is 0.0564. The number of carbonyl (C=O) groups is 1. The van der Waals surface area contributed by atoms with Crippen LogP contribution in [0.2, 0.25) is 0 Å². The Morgan fingerprint density at radius 2 is 1.81 bits per heavy atom. The SMILES string of the molecule is CN(C)CC(=O)N(Cc1ccccn1)Cc1cn[nH]c1-c1ccccc1. The first kappa shape index (κ1) is 17.8. The van der Waals surface area contributed by atoms with E-state index in [2.05, 4.69) is 15.2 Å². The van der Waals surface area contributed by atoms with Crippen LogP contribution in [0, 0.1) is 0 Å². The van der Waals surface area contributed by atoms with Crippen molar-refractivity contribution in [2.45, 2.75) is 13.1 Å². The van der Waals surface area contributed by atoms with E-state index in [-0.39, 0.29) is 5.91 Å². The smallest absolute Gasteiger partial charge is 0.237 e. The second-order valence-electron chi connectivity index (χ2n) is 6.44. The fourth-order valence-corrected chi connectivity index (χ4v) is 2.78. The van der Waals surface area contributed by atoms with Crippen molar-refractivity contribution in [2.24, 2.45) is 0 Å². The van der Waals surface area contributed by atoms with E-state index in [0.717, 1.165) is 22.5 Å². The molecule has 134 valence electrons. The first-order chi connectivity index (χ1) is 12.6. The molecule has 0 aliphatic rings. The summed E-state index contributed by atoms with van der Waals surface area (Å²) in [4.78, 5) is 20.8. The van der Waals surface area contributed by atoms with Gasteiger partial charge in [0.2, 0.25) is 5.91 Å². The Kier molecular flexibility index (Phi) is 5.76. The Bertz CT molecular complexity index is 830. The van der Waals surface area contributed by atoms with Crippen molar-refractivity contribution < 1.29 is 4.79 Å². The maximum absolute atomic E-state index is 12.8. The topological polar surface area (TPSA) is 65.1 Å². The van der Waals surface area contributed by atoms with Crippen LogP contribution < -0.4 is 0 Å². The normalized spacial score (nSPS) is 10.9. The number of H-pyrrole nitrogens is 1. The highest BCUT2D eigenvalue weighted by Crippen LogP contribution is 2.22. The number of amides is 1. The van der Waals surface area contributed by atoms with Gasteiger partial charge < -0.3 is 9.80 Å². The predicted molar refractivity (Wildman–Crippen MR) is 101 cm³/mol. The summed E-state index contributed by atoms with van der Waals surface area (Å²) < 4.78 is 0. The number of hydrogen-bond donors (Lipinski definition) is 1. The zero-order valence-corrected chi connectivity index (χ0v) is 15.1. The van der Waals surface area contributed by atoms with Gasteiger partial charge in [-0.3, -0.25) is 14.9 Å². The van der Waals surface area contributed by atoms with Crippen LogP contribution in [0.5, 0.6) is 0 Å². The molecule has 1 N–H and O–H groups in total. The quantitative estimate of drug-likeness (QED) is 0.712. The number of nitrogens with one attached hydrogen (secondary N) is 1. The third-order valence-corrected chi connectivity index (χ3v) is 4.02. The van der Waals surface area contributed by atoms with Gasteiger partial charge in [-0.1, -0.05) is 36.4 Å². The van der Waals surface area contributed by atoms with Crippen molar-refractivity contribution >= 4 is 5.91 Å². The van der Waals surface area contributed by atoms with Crippen molar-refractivity contribution in [2.75, 3.05) is 20.6 Å². The molecule has 0 fully saturated rings. The number of rotatable bonds is 7. The lowest BCUT2D eigenvalue weighted by Crippen LogP contribution is -2.37. The summed E-state index contributed by atoms with van der Waals surface area (Å²) in [5.74, 6) is 0.0564. The van der Waals surface area contributed by atoms with E-state index in [1.807, 2.05) is 72.4 Å². The first-order valence-corrected chi connectivity index (χ1v) is 8.53. The third-order valence-electron chi connectivity index (χ3n) is 4.02. The van der Waals surface area contributed by atoms with E-state index < -0.39 is 0 Å². The van der Waals surface area contributed by atoms with Crippen LogP contribution in [0.15, 0.2) is 60.9 Å². The van der Waals surface area contributed by atoms with E-state index in [9.17, 15) is 4.79 Å². The average Bonchev–Trinajstić information content (AvgIpc) is 3.10. The lowest BCUT2D eigenvalue weighted by atomic mass is 10.1. The molecule has 0 radical (unpaired) electrons. The van der Waals surface area contributed by atoms with Crippen molar-refractivity contribution in [3.05, 3.63) is 72.2 Å². The van der Waals surface area contributed by atoms with Crippen molar-refractivity contribution in [3.8, 4) is 11.3 Å². The van der Waals surface area contributed by atoms with Crippen LogP contribution in [0.4, 0.5) is 0 Å². The van der Waals surface area contributed by atoms with E-state index in [0.29, 0.717) is 19.6 Å². The number of aromatic amines is 1. The highest BCUT2D eigenvalue weighted by molar-refractivity contribution is 5.78. The highest BCUT2D eigenvalue weighted by atomic mass is 16.2. The number of hydrogen-bond acceptors (Lipinski definition) is 4. The largest absolute Gasteiger partial charge is 0.331 e. The zero-order chi connectivity index (χ0) is 18.4. The highest BCUT2D eigenvalue weighted by Gasteiger charge is 2.18. The Morgan fingerprint density at radius 1 is 1.04 bits per heavy atom. The molecular formula is C20H23N5O. The molecule has 1 amide bonds. The summed E-state index contributed by atoms with van der Waals surface area (Å²) in [6, 6.07) is 15.8. The van der Waals surface area contributed by atoms with Gasteiger partial charge in [-0.15, -0.1) is 0 Å². The van der Waals surface area contributed by atoms with Gasteiger partial charge in [-0.05, 0) is 31.8 Å². The Morgan fingerprint density at radius 3 is 2.50 bits per heavy atom. The number of aromatic nitrogens is 3. The van der Waals surface area contributed by atoms with Gasteiger partial charge in [0.15, 0.2) is 0 Å². The maximum Gasteiger partial charge on any atom is 0.237 e. The minimum Gasteiger partial charge on any atom is -0.331 e. The molecular weight excluding hydrogens is 326 g/mol. The lowest BCUT2D eigenvalue weighted by molar-refractivity contribution is -0.133. The van der Waals surface area contributed by atoms with Crippen LogP contribution in [0.3, 0.4) is 0 Å². The molecule has 0 aliphatic heterocycles. The van der Waals surface area contributed by atoms with Gasteiger partial charge in [0.05, 0.1) is 30.7 Å².